The van der Waals surface area contributed by atoms with Crippen molar-refractivity contribution in [1.82, 2.24) is 15.2 Å². The lowest BCUT2D eigenvalue weighted by Gasteiger charge is -2.35. The molecule has 1 aromatic carbocycles. The van der Waals surface area contributed by atoms with Crippen LogP contribution in [0.5, 0.6) is 0 Å². The number of hydrogen-bond acceptors (Lipinski definition) is 5. The predicted octanol–water partition coefficient (Wildman–Crippen LogP) is 2.72. The van der Waals surface area contributed by atoms with Crippen molar-refractivity contribution in [2.75, 3.05) is 32.1 Å². The zero-order valence-corrected chi connectivity index (χ0v) is 15.9. The Balaban J connectivity index is 1.38. The van der Waals surface area contributed by atoms with Crippen LogP contribution in [0.2, 0.25) is 5.02 Å². The minimum atomic E-state index is -0.0903. The van der Waals surface area contributed by atoms with Gasteiger partial charge in [-0.1, -0.05) is 23.7 Å². The molecular weight excluding hydrogens is 364 g/mol. The Morgan fingerprint density at radius 3 is 2.85 bits per heavy atom. The Kier molecular flexibility index (Phi) is 5.29. The SMILES string of the molecule is CNc1ncccc1C(=O)N[C@H]1C[C@H]2CO[C@@H](c3ccc(Cl)cc3)CN2C1. The molecule has 7 heteroatoms. The zero-order valence-electron chi connectivity index (χ0n) is 15.2. The van der Waals surface area contributed by atoms with E-state index in [1.807, 2.05) is 24.3 Å². The van der Waals surface area contributed by atoms with Crippen molar-refractivity contribution in [3.8, 4) is 0 Å². The Bertz CT molecular complexity index is 814. The van der Waals surface area contributed by atoms with Crippen LogP contribution < -0.4 is 10.6 Å². The van der Waals surface area contributed by atoms with Crippen LogP contribution in [0.1, 0.15) is 28.4 Å². The van der Waals surface area contributed by atoms with Gasteiger partial charge in [-0.2, -0.15) is 0 Å². The maximum absolute atomic E-state index is 12.7. The lowest BCUT2D eigenvalue weighted by atomic mass is 10.1. The van der Waals surface area contributed by atoms with E-state index in [4.69, 9.17) is 16.3 Å². The van der Waals surface area contributed by atoms with Gasteiger partial charge in [-0.05, 0) is 36.2 Å². The van der Waals surface area contributed by atoms with E-state index in [-0.39, 0.29) is 18.1 Å². The summed E-state index contributed by atoms with van der Waals surface area (Å²) in [7, 11) is 1.77. The first-order valence-corrected chi connectivity index (χ1v) is 9.56. The quantitative estimate of drug-likeness (QED) is 0.845. The molecule has 3 atom stereocenters. The van der Waals surface area contributed by atoms with E-state index in [0.717, 1.165) is 30.1 Å². The zero-order chi connectivity index (χ0) is 18.8. The summed E-state index contributed by atoms with van der Waals surface area (Å²) in [6.07, 6.45) is 2.61. The van der Waals surface area contributed by atoms with E-state index in [2.05, 4.69) is 20.5 Å². The fourth-order valence-electron chi connectivity index (χ4n) is 3.91. The number of benzene rings is 1. The molecule has 1 aromatic heterocycles. The molecule has 2 fully saturated rings. The van der Waals surface area contributed by atoms with Gasteiger partial charge >= 0.3 is 0 Å². The van der Waals surface area contributed by atoms with Gasteiger partial charge in [0, 0.05) is 43.4 Å². The summed E-state index contributed by atoms with van der Waals surface area (Å²) in [4.78, 5) is 19.3. The van der Waals surface area contributed by atoms with Gasteiger partial charge in [0.05, 0.1) is 18.3 Å². The van der Waals surface area contributed by atoms with Crippen LogP contribution in [0.4, 0.5) is 5.82 Å². The molecule has 142 valence electrons. The third kappa shape index (κ3) is 3.93. The second-order valence-corrected chi connectivity index (χ2v) is 7.47. The first kappa shape index (κ1) is 18.2. The van der Waals surface area contributed by atoms with E-state index in [1.165, 1.54) is 0 Å². The molecule has 2 aliphatic heterocycles. The molecule has 0 radical (unpaired) electrons. The molecule has 2 saturated heterocycles. The number of nitrogens with zero attached hydrogens (tertiary/aromatic N) is 2. The second-order valence-electron chi connectivity index (χ2n) is 7.04. The third-order valence-electron chi connectivity index (χ3n) is 5.28. The molecule has 2 N–H and O–H groups in total. The maximum atomic E-state index is 12.7. The number of amides is 1. The highest BCUT2D eigenvalue weighted by Crippen LogP contribution is 2.31. The maximum Gasteiger partial charge on any atom is 0.255 e. The number of pyridine rings is 1. The Morgan fingerprint density at radius 2 is 2.07 bits per heavy atom. The van der Waals surface area contributed by atoms with E-state index in [1.54, 1.807) is 25.4 Å². The Labute approximate surface area is 163 Å². The van der Waals surface area contributed by atoms with Gasteiger partial charge in [0.1, 0.15) is 5.82 Å². The molecule has 2 aliphatic rings. The van der Waals surface area contributed by atoms with Crippen LogP contribution in [0.15, 0.2) is 42.6 Å². The molecule has 27 heavy (non-hydrogen) atoms. The average molecular weight is 387 g/mol. The highest BCUT2D eigenvalue weighted by Gasteiger charge is 2.38. The lowest BCUT2D eigenvalue weighted by Crippen LogP contribution is -2.43. The molecule has 6 nitrogen and oxygen atoms in total. The number of halogens is 1. The van der Waals surface area contributed by atoms with Crippen LogP contribution in [0.25, 0.3) is 0 Å². The van der Waals surface area contributed by atoms with Crippen LogP contribution in [0, 0.1) is 0 Å². The first-order valence-electron chi connectivity index (χ1n) is 9.19. The van der Waals surface area contributed by atoms with Crippen LogP contribution in [0.3, 0.4) is 0 Å². The second kappa shape index (κ2) is 7.84. The predicted molar refractivity (Wildman–Crippen MR) is 105 cm³/mol. The minimum Gasteiger partial charge on any atom is -0.372 e. The van der Waals surface area contributed by atoms with Gasteiger partial charge in [-0.15, -0.1) is 0 Å². The largest absolute Gasteiger partial charge is 0.372 e. The molecule has 0 unspecified atom stereocenters. The lowest BCUT2D eigenvalue weighted by molar-refractivity contribution is -0.0502. The van der Waals surface area contributed by atoms with Crippen molar-refractivity contribution in [3.05, 3.63) is 58.7 Å². The topological polar surface area (TPSA) is 66.5 Å². The molecule has 0 spiro atoms. The van der Waals surface area contributed by atoms with E-state index < -0.39 is 0 Å². The fraction of sp³-hybridized carbons (Fsp3) is 0.400. The van der Waals surface area contributed by atoms with Crippen LogP contribution in [-0.4, -0.2) is 54.6 Å². The number of rotatable bonds is 4. The molecule has 0 aliphatic carbocycles. The Morgan fingerprint density at radius 1 is 1.26 bits per heavy atom. The van der Waals surface area contributed by atoms with Crippen molar-refractivity contribution in [1.29, 1.82) is 0 Å². The van der Waals surface area contributed by atoms with Crippen molar-refractivity contribution >= 4 is 23.3 Å². The first-order chi connectivity index (χ1) is 13.1. The number of aromatic nitrogens is 1. The van der Waals surface area contributed by atoms with Crippen molar-refractivity contribution in [3.63, 3.8) is 0 Å². The number of fused-ring (bicyclic) bond motifs is 1. The number of nitrogens with one attached hydrogen (secondary N) is 2. The number of carbonyl (C=O) groups is 1. The van der Waals surface area contributed by atoms with Crippen molar-refractivity contribution in [2.24, 2.45) is 0 Å². The standard InChI is InChI=1S/C20H23ClN4O2/c1-22-19-17(3-2-8-23-19)20(26)24-15-9-16-12-27-18(11-25(16)10-15)13-4-6-14(21)7-5-13/h2-8,15-16,18H,9-12H2,1H3,(H,22,23)(H,24,26)/t15-,16-,18+/m0/s1. The number of hydrogen-bond donors (Lipinski definition) is 2. The van der Waals surface area contributed by atoms with E-state index in [0.29, 0.717) is 24.0 Å². The normalized spacial score (nSPS) is 25.0. The number of carbonyl (C=O) groups excluding carboxylic acids is 1. The summed E-state index contributed by atoms with van der Waals surface area (Å²) in [5.41, 5.74) is 1.71. The van der Waals surface area contributed by atoms with Gasteiger partial charge in [-0.25, -0.2) is 4.98 Å². The smallest absolute Gasteiger partial charge is 0.255 e. The molecule has 0 bridgehead atoms. The molecule has 1 amide bonds. The number of ether oxygens (including phenoxy) is 1. The van der Waals surface area contributed by atoms with Crippen LogP contribution in [-0.2, 0) is 4.74 Å². The monoisotopic (exact) mass is 386 g/mol. The molecule has 4 rings (SSSR count). The molecule has 2 aromatic rings. The summed E-state index contributed by atoms with van der Waals surface area (Å²) in [5, 5.41) is 6.85. The van der Waals surface area contributed by atoms with Gasteiger partial charge in [0.15, 0.2) is 0 Å². The van der Waals surface area contributed by atoms with Gasteiger partial charge < -0.3 is 15.4 Å². The number of anilines is 1. The summed E-state index contributed by atoms with van der Waals surface area (Å²) in [6, 6.07) is 11.8. The minimum absolute atomic E-state index is 0.0437. The van der Waals surface area contributed by atoms with Crippen molar-refractivity contribution in [2.45, 2.75) is 24.6 Å². The summed E-state index contributed by atoms with van der Waals surface area (Å²) in [5.74, 6) is 0.504. The van der Waals surface area contributed by atoms with E-state index >= 15 is 0 Å². The summed E-state index contributed by atoms with van der Waals surface area (Å²) < 4.78 is 6.07. The molecular formula is C20H23ClN4O2. The van der Waals surface area contributed by atoms with Crippen molar-refractivity contribution < 1.29 is 9.53 Å². The van der Waals surface area contributed by atoms with Gasteiger partial charge in [0.2, 0.25) is 0 Å². The average Bonchev–Trinajstić information content (AvgIpc) is 3.09. The molecule has 0 saturated carbocycles. The van der Waals surface area contributed by atoms with E-state index in [9.17, 15) is 4.79 Å². The van der Waals surface area contributed by atoms with Crippen LogP contribution >= 0.6 is 11.6 Å². The highest BCUT2D eigenvalue weighted by molar-refractivity contribution is 6.30. The number of morpholine rings is 1. The summed E-state index contributed by atoms with van der Waals surface area (Å²) in [6.45, 7) is 2.33. The summed E-state index contributed by atoms with van der Waals surface area (Å²) >= 11 is 5.98. The Hall–Kier alpha value is -2.15. The third-order valence-corrected chi connectivity index (χ3v) is 5.54. The highest BCUT2D eigenvalue weighted by atomic mass is 35.5. The van der Waals surface area contributed by atoms with Gasteiger partial charge in [0.25, 0.3) is 5.91 Å². The fourth-order valence-corrected chi connectivity index (χ4v) is 4.03. The van der Waals surface area contributed by atoms with Gasteiger partial charge in [-0.3, -0.25) is 9.69 Å². The molecule has 3 heterocycles.